The number of aryl methyl sites for hydroxylation is 1. The molecule has 52 heavy (non-hydrogen) atoms. The minimum Gasteiger partial charge on any atom is -0.461 e. The van der Waals surface area contributed by atoms with Crippen LogP contribution >= 0.6 is 11.6 Å². The van der Waals surface area contributed by atoms with Gasteiger partial charge in [0, 0.05) is 56.8 Å². The van der Waals surface area contributed by atoms with Crippen LogP contribution in [0.4, 0.5) is 29.1 Å². The van der Waals surface area contributed by atoms with Crippen molar-refractivity contribution in [3.8, 4) is 17.9 Å². The Kier molecular flexibility index (Phi) is 9.37. The SMILES string of the molecule is C=C1CN2CCC[C@@]2(COc2nc3c(c(N4CCCn5nc(C(=O)N(C)C)c(Cl)c5C4)n2)CO[C@H](c2c(F)c(N)cc(C#CC)c2C(F)(F)F)C3)C1. The summed E-state index contributed by atoms with van der Waals surface area (Å²) in [5.41, 5.74) is 5.56. The predicted molar refractivity (Wildman–Crippen MR) is 185 cm³/mol. The van der Waals surface area contributed by atoms with E-state index in [2.05, 4.69) is 28.4 Å². The Bertz CT molecular complexity index is 2020. The first-order valence-corrected chi connectivity index (χ1v) is 17.5. The number of ether oxygens (including phenoxy) is 2. The zero-order valence-electron chi connectivity index (χ0n) is 29.2. The second kappa shape index (κ2) is 13.5. The van der Waals surface area contributed by atoms with E-state index in [1.807, 2.05) is 4.90 Å². The molecule has 1 amide bonds. The van der Waals surface area contributed by atoms with Gasteiger partial charge in [-0.3, -0.25) is 14.4 Å². The van der Waals surface area contributed by atoms with Gasteiger partial charge >= 0.3 is 12.2 Å². The van der Waals surface area contributed by atoms with E-state index in [-0.39, 0.29) is 47.7 Å². The Morgan fingerprint density at radius 3 is 2.75 bits per heavy atom. The summed E-state index contributed by atoms with van der Waals surface area (Å²) in [5.74, 6) is 3.80. The summed E-state index contributed by atoms with van der Waals surface area (Å²) in [6.45, 7) is 8.59. The summed E-state index contributed by atoms with van der Waals surface area (Å²) in [5, 5.41) is 4.73. The Morgan fingerprint density at radius 1 is 1.23 bits per heavy atom. The fraction of sp³-hybridized carbons (Fsp3) is 0.500. The average Bonchev–Trinajstić information content (AvgIpc) is 3.66. The second-order valence-electron chi connectivity index (χ2n) is 14.0. The predicted octanol–water partition coefficient (Wildman–Crippen LogP) is 5.54. The highest BCUT2D eigenvalue weighted by Gasteiger charge is 2.47. The molecule has 0 spiro atoms. The van der Waals surface area contributed by atoms with Crippen molar-refractivity contribution in [1.82, 2.24) is 29.5 Å². The van der Waals surface area contributed by atoms with Crippen molar-refractivity contribution in [2.45, 2.75) is 76.5 Å². The van der Waals surface area contributed by atoms with Crippen LogP contribution in [0.1, 0.15) is 82.8 Å². The van der Waals surface area contributed by atoms with Crippen molar-refractivity contribution in [3.63, 3.8) is 0 Å². The maximum atomic E-state index is 15.7. The summed E-state index contributed by atoms with van der Waals surface area (Å²) in [4.78, 5) is 28.2. The molecule has 6 heterocycles. The van der Waals surface area contributed by atoms with E-state index in [1.54, 1.807) is 18.8 Å². The van der Waals surface area contributed by atoms with Crippen LogP contribution in [0, 0.1) is 17.7 Å². The molecule has 0 radical (unpaired) electrons. The number of alkyl halides is 3. The minimum atomic E-state index is -4.95. The smallest absolute Gasteiger partial charge is 0.418 e. The van der Waals surface area contributed by atoms with E-state index in [0.717, 1.165) is 44.0 Å². The Hall–Kier alpha value is -4.39. The third kappa shape index (κ3) is 6.34. The number of nitrogen functional groups attached to an aromatic ring is 1. The van der Waals surface area contributed by atoms with Gasteiger partial charge in [0.15, 0.2) is 11.5 Å². The lowest BCUT2D eigenvalue weighted by Gasteiger charge is -2.33. The van der Waals surface area contributed by atoms with Crippen LogP contribution in [0.15, 0.2) is 18.2 Å². The highest BCUT2D eigenvalue weighted by Crippen LogP contribution is 2.45. The topological polar surface area (TPSA) is 115 Å². The molecule has 276 valence electrons. The van der Waals surface area contributed by atoms with Crippen molar-refractivity contribution < 1.29 is 31.8 Å². The molecule has 2 aromatic heterocycles. The first kappa shape index (κ1) is 36.0. The van der Waals surface area contributed by atoms with Crippen LogP contribution < -0.4 is 15.4 Å². The van der Waals surface area contributed by atoms with Gasteiger partial charge in [0.25, 0.3) is 5.91 Å². The molecule has 7 rings (SSSR count). The molecule has 4 aliphatic heterocycles. The van der Waals surface area contributed by atoms with Gasteiger partial charge in [0.1, 0.15) is 12.4 Å². The van der Waals surface area contributed by atoms with Crippen LogP contribution in [0.2, 0.25) is 5.02 Å². The van der Waals surface area contributed by atoms with Crippen LogP contribution in [0.3, 0.4) is 0 Å². The van der Waals surface area contributed by atoms with Gasteiger partial charge in [-0.2, -0.15) is 28.2 Å². The van der Waals surface area contributed by atoms with Gasteiger partial charge in [0.05, 0.1) is 52.5 Å². The van der Waals surface area contributed by atoms with E-state index in [9.17, 15) is 18.0 Å². The fourth-order valence-corrected chi connectivity index (χ4v) is 8.22. The number of fused-ring (bicyclic) bond motifs is 3. The van der Waals surface area contributed by atoms with Gasteiger partial charge in [-0.05, 0) is 45.2 Å². The lowest BCUT2D eigenvalue weighted by atomic mass is 9.91. The monoisotopic (exact) mass is 742 g/mol. The third-order valence-corrected chi connectivity index (χ3v) is 10.7. The second-order valence-corrected chi connectivity index (χ2v) is 14.4. The highest BCUT2D eigenvalue weighted by atomic mass is 35.5. The summed E-state index contributed by atoms with van der Waals surface area (Å²) < 4.78 is 73.7. The van der Waals surface area contributed by atoms with Gasteiger partial charge in [-0.1, -0.05) is 29.7 Å². The molecule has 3 aromatic rings. The normalized spacial score (nSPS) is 21.6. The number of aromatic nitrogens is 4. The van der Waals surface area contributed by atoms with Gasteiger partial charge in [0.2, 0.25) is 0 Å². The lowest BCUT2D eigenvalue weighted by Crippen LogP contribution is -2.43. The summed E-state index contributed by atoms with van der Waals surface area (Å²) >= 11 is 6.77. The molecule has 2 N–H and O–H groups in total. The molecule has 0 unspecified atom stereocenters. The number of amides is 1. The van der Waals surface area contributed by atoms with Crippen LogP contribution in [-0.2, 0) is 37.0 Å². The molecular formula is C36H39ClF4N8O3. The van der Waals surface area contributed by atoms with Crippen molar-refractivity contribution in [2.24, 2.45) is 0 Å². The number of rotatable bonds is 6. The summed E-state index contributed by atoms with van der Waals surface area (Å²) in [6.07, 6.45) is -3.22. The first-order valence-electron chi connectivity index (χ1n) is 17.1. The standard InChI is InChI=1S/C36H39ClF4N8O3/c1-5-8-21-13-23(42)30(38)27(28(21)36(39,40)41)26-14-24-22(18-51-26)32(44-34(43-24)52-19-35-9-6-11-48(35)16-20(2)15-35)47-10-7-12-49-25(17-47)29(37)31(45-49)33(50)46(3)4/h13,26H,2,6-7,9-12,14-19,42H2,1,3-4H3/t26-,35-/m0/s1. The van der Waals surface area contributed by atoms with Crippen molar-refractivity contribution in [2.75, 3.05) is 51.0 Å². The van der Waals surface area contributed by atoms with Crippen molar-refractivity contribution in [1.29, 1.82) is 0 Å². The van der Waals surface area contributed by atoms with Gasteiger partial charge in [-0.15, -0.1) is 5.92 Å². The van der Waals surface area contributed by atoms with E-state index in [0.29, 0.717) is 48.9 Å². The van der Waals surface area contributed by atoms with E-state index < -0.39 is 40.5 Å². The molecule has 2 saturated heterocycles. The number of halogens is 5. The molecule has 2 atom stereocenters. The maximum Gasteiger partial charge on any atom is 0.418 e. The number of nitrogens with two attached hydrogens (primary N) is 1. The Labute approximate surface area is 303 Å². The van der Waals surface area contributed by atoms with Gasteiger partial charge in [-0.25, -0.2) is 4.39 Å². The molecule has 0 aliphatic carbocycles. The highest BCUT2D eigenvalue weighted by molar-refractivity contribution is 6.34. The van der Waals surface area contributed by atoms with Crippen LogP contribution in [0.5, 0.6) is 6.01 Å². The molecule has 4 aliphatic rings. The lowest BCUT2D eigenvalue weighted by molar-refractivity contribution is -0.140. The molecule has 2 fully saturated rings. The number of benzene rings is 1. The number of carbonyl (C=O) groups excluding carboxylic acids is 1. The quantitative estimate of drug-likeness (QED) is 0.151. The minimum absolute atomic E-state index is 0.0436. The van der Waals surface area contributed by atoms with E-state index in [1.165, 1.54) is 11.8 Å². The van der Waals surface area contributed by atoms with Crippen molar-refractivity contribution >= 4 is 29.0 Å². The number of anilines is 2. The molecule has 0 bridgehead atoms. The summed E-state index contributed by atoms with van der Waals surface area (Å²) in [6, 6.07) is 0.944. The van der Waals surface area contributed by atoms with Crippen molar-refractivity contribution in [3.05, 3.63) is 68.4 Å². The third-order valence-electron chi connectivity index (χ3n) is 10.3. The zero-order valence-corrected chi connectivity index (χ0v) is 29.9. The van der Waals surface area contributed by atoms with Crippen LogP contribution in [-0.4, -0.2) is 81.3 Å². The van der Waals surface area contributed by atoms with Gasteiger partial charge < -0.3 is 25.0 Å². The Morgan fingerprint density at radius 2 is 2.02 bits per heavy atom. The zero-order chi connectivity index (χ0) is 37.1. The molecule has 11 nitrogen and oxygen atoms in total. The number of hydrogen-bond acceptors (Lipinski definition) is 9. The maximum absolute atomic E-state index is 15.7. The molecular weight excluding hydrogens is 704 g/mol. The largest absolute Gasteiger partial charge is 0.461 e. The van der Waals surface area contributed by atoms with E-state index in [4.69, 9.17) is 36.8 Å². The van der Waals surface area contributed by atoms with E-state index >= 15 is 4.39 Å². The first-order chi connectivity index (χ1) is 24.7. The summed E-state index contributed by atoms with van der Waals surface area (Å²) in [7, 11) is 3.24. The Balaban J connectivity index is 1.30. The molecule has 16 heteroatoms. The average molecular weight is 743 g/mol. The number of nitrogens with zero attached hydrogens (tertiary/aromatic N) is 7. The fourth-order valence-electron chi connectivity index (χ4n) is 7.94. The molecule has 0 saturated carbocycles. The number of carbonyl (C=O) groups is 1. The molecule has 1 aromatic carbocycles. The number of hydrogen-bond donors (Lipinski definition) is 1. The van der Waals surface area contributed by atoms with Crippen LogP contribution in [0.25, 0.3) is 0 Å².